The van der Waals surface area contributed by atoms with Crippen LogP contribution in [0.25, 0.3) is 0 Å². The first kappa shape index (κ1) is 42.0. The van der Waals surface area contributed by atoms with E-state index in [-0.39, 0.29) is 19.2 Å². The maximum atomic E-state index is 12.1. The summed E-state index contributed by atoms with van der Waals surface area (Å²) in [6.45, 7) is 3.38. The average Bonchev–Trinajstić information content (AvgIpc) is 2.92. The molecule has 0 amide bonds. The van der Waals surface area contributed by atoms with Gasteiger partial charge in [-0.25, -0.2) is 4.57 Å². The van der Waals surface area contributed by atoms with Gasteiger partial charge in [-0.2, -0.15) is 0 Å². The lowest BCUT2D eigenvalue weighted by atomic mass is 10.0. The number of esters is 2. The van der Waals surface area contributed by atoms with Gasteiger partial charge in [0, 0.05) is 13.3 Å². The zero-order valence-electron chi connectivity index (χ0n) is 28.5. The monoisotopic (exact) mass is 636 g/mol. The largest absolute Gasteiger partial charge is 0.472 e. The van der Waals surface area contributed by atoms with Crippen LogP contribution in [0.15, 0.2) is 0 Å². The molecule has 0 saturated carbocycles. The lowest BCUT2D eigenvalue weighted by Gasteiger charge is -2.24. The number of likely N-dealkylation sites (N-methyl/N-ethyl adjacent to an activating group) is 1. The summed E-state index contributed by atoms with van der Waals surface area (Å²) in [5.74, 6) is -0.983. The van der Waals surface area contributed by atoms with Crippen LogP contribution in [0, 0.1) is 0 Å². The molecule has 0 aromatic rings. The van der Waals surface area contributed by atoms with E-state index in [1.165, 1.54) is 116 Å². The van der Waals surface area contributed by atoms with Crippen LogP contribution in [-0.2, 0) is 32.7 Å². The summed E-state index contributed by atoms with van der Waals surface area (Å²) in [6.07, 6.45) is 25.4. The number of phosphoric ester groups is 1. The molecule has 2 atom stereocenters. The van der Waals surface area contributed by atoms with Crippen molar-refractivity contribution in [3.63, 3.8) is 0 Å². The summed E-state index contributed by atoms with van der Waals surface area (Å²) in [5, 5.41) is 0. The van der Waals surface area contributed by atoms with Gasteiger partial charge in [-0.05, 0) is 6.42 Å². The highest BCUT2D eigenvalue weighted by Crippen LogP contribution is 2.43. The minimum atomic E-state index is -4.32. The molecule has 9 nitrogen and oxygen atoms in total. The highest BCUT2D eigenvalue weighted by molar-refractivity contribution is 7.47. The lowest BCUT2D eigenvalue weighted by molar-refractivity contribution is -0.870. The molecule has 0 spiro atoms. The van der Waals surface area contributed by atoms with Crippen molar-refractivity contribution in [3.05, 3.63) is 0 Å². The molecule has 0 rings (SSSR count). The van der Waals surface area contributed by atoms with E-state index in [9.17, 15) is 19.0 Å². The molecule has 0 aliphatic heterocycles. The van der Waals surface area contributed by atoms with Crippen LogP contribution >= 0.6 is 7.82 Å². The molecule has 0 aliphatic carbocycles. The number of rotatable bonds is 31. The third-order valence-corrected chi connectivity index (χ3v) is 8.42. The summed E-state index contributed by atoms with van der Waals surface area (Å²) in [7, 11) is 1.47. The summed E-state index contributed by atoms with van der Waals surface area (Å²) >= 11 is 0. The number of ether oxygens (including phenoxy) is 2. The minimum Gasteiger partial charge on any atom is -0.462 e. The van der Waals surface area contributed by atoms with Gasteiger partial charge in [0.05, 0.1) is 27.7 Å². The van der Waals surface area contributed by atoms with Crippen molar-refractivity contribution in [2.45, 2.75) is 155 Å². The van der Waals surface area contributed by atoms with Crippen LogP contribution in [-0.4, -0.2) is 74.9 Å². The van der Waals surface area contributed by atoms with Crippen molar-refractivity contribution in [3.8, 4) is 0 Å². The summed E-state index contributed by atoms with van der Waals surface area (Å²) in [4.78, 5) is 33.4. The molecule has 1 N–H and O–H groups in total. The van der Waals surface area contributed by atoms with Crippen LogP contribution in [0.4, 0.5) is 0 Å². The molecule has 0 aliphatic rings. The Morgan fingerprint density at radius 3 is 1.49 bits per heavy atom. The number of phosphoric acid groups is 1. The zero-order chi connectivity index (χ0) is 32.2. The van der Waals surface area contributed by atoms with E-state index in [4.69, 9.17) is 18.5 Å². The molecule has 0 aromatic heterocycles. The van der Waals surface area contributed by atoms with Gasteiger partial charge < -0.3 is 18.9 Å². The quantitative estimate of drug-likeness (QED) is 0.0349. The number of unbranched alkanes of at least 4 members (excludes halogenated alkanes) is 19. The van der Waals surface area contributed by atoms with Crippen LogP contribution in [0.1, 0.15) is 149 Å². The molecule has 43 heavy (non-hydrogen) atoms. The van der Waals surface area contributed by atoms with Crippen LogP contribution in [0.3, 0.4) is 0 Å². The lowest BCUT2D eigenvalue weighted by Crippen LogP contribution is -2.37. The van der Waals surface area contributed by atoms with Gasteiger partial charge in [0.25, 0.3) is 0 Å². The topological polar surface area (TPSA) is 108 Å². The Kier molecular flexibility index (Phi) is 26.7. The second-order valence-electron chi connectivity index (χ2n) is 13.0. The van der Waals surface area contributed by atoms with Crippen molar-refractivity contribution in [1.29, 1.82) is 0 Å². The Balaban J connectivity index is 3.71. The molecule has 0 fully saturated rings. The van der Waals surface area contributed by atoms with E-state index >= 15 is 0 Å². The van der Waals surface area contributed by atoms with Gasteiger partial charge in [0.2, 0.25) is 0 Å². The first-order chi connectivity index (χ1) is 20.4. The maximum Gasteiger partial charge on any atom is 0.472 e. The maximum absolute atomic E-state index is 12.1. The van der Waals surface area contributed by atoms with E-state index in [2.05, 4.69) is 6.92 Å². The Morgan fingerprint density at radius 1 is 0.674 bits per heavy atom. The van der Waals surface area contributed by atoms with E-state index in [0.29, 0.717) is 17.4 Å². The molecular weight excluding hydrogens is 569 g/mol. The van der Waals surface area contributed by atoms with Gasteiger partial charge in [-0.15, -0.1) is 0 Å². The SMILES string of the molecule is CCCCCCCCCCCCCCCCCCCCCCC(=O)OC[C@H](COP(=O)(O)OCC[N+](C)(C)C)OC(C)=O. The van der Waals surface area contributed by atoms with Crippen molar-refractivity contribution in [1.82, 2.24) is 0 Å². The molecule has 0 aromatic carbocycles. The first-order valence-electron chi connectivity index (χ1n) is 17.2. The van der Waals surface area contributed by atoms with Crippen LogP contribution in [0.5, 0.6) is 0 Å². The fourth-order valence-electron chi connectivity index (χ4n) is 4.78. The van der Waals surface area contributed by atoms with Gasteiger partial charge in [0.15, 0.2) is 6.10 Å². The summed E-state index contributed by atoms with van der Waals surface area (Å²) < 4.78 is 32.9. The van der Waals surface area contributed by atoms with Crippen molar-refractivity contribution in [2.75, 3.05) is 47.5 Å². The zero-order valence-corrected chi connectivity index (χ0v) is 29.3. The Morgan fingerprint density at radius 2 is 1.09 bits per heavy atom. The van der Waals surface area contributed by atoms with Crippen LogP contribution in [0.2, 0.25) is 0 Å². The van der Waals surface area contributed by atoms with E-state index in [1.807, 2.05) is 21.1 Å². The van der Waals surface area contributed by atoms with Gasteiger partial charge >= 0.3 is 19.8 Å². The van der Waals surface area contributed by atoms with E-state index in [0.717, 1.165) is 19.3 Å². The molecule has 0 heterocycles. The average molecular weight is 637 g/mol. The fraction of sp³-hybridized carbons (Fsp3) is 0.939. The van der Waals surface area contributed by atoms with Gasteiger partial charge in [-0.3, -0.25) is 18.6 Å². The smallest absolute Gasteiger partial charge is 0.462 e. The van der Waals surface area contributed by atoms with Crippen LogP contribution < -0.4 is 0 Å². The predicted molar refractivity (Wildman–Crippen MR) is 174 cm³/mol. The molecule has 0 bridgehead atoms. The highest BCUT2D eigenvalue weighted by Gasteiger charge is 2.26. The highest BCUT2D eigenvalue weighted by atomic mass is 31.2. The standard InChI is InChI=1S/C33H66NO8P/c1-6-7-8-9-10-11-12-13-14-15-16-17-18-19-20-21-22-23-24-25-26-33(36)39-29-32(42-31(2)35)30-41-43(37,38)40-28-27-34(3,4)5/h32H,6-30H2,1-5H3/p+1/t32-/m1/s1. The summed E-state index contributed by atoms with van der Waals surface area (Å²) in [5.41, 5.74) is 0. The number of quaternary nitrogens is 1. The van der Waals surface area contributed by atoms with Crippen molar-refractivity contribution >= 4 is 19.8 Å². The molecule has 1 unspecified atom stereocenters. The molecule has 256 valence electrons. The number of carbonyl (C=O) groups excluding carboxylic acids is 2. The Bertz CT molecular complexity index is 728. The van der Waals surface area contributed by atoms with E-state index in [1.54, 1.807) is 0 Å². The summed E-state index contributed by atoms with van der Waals surface area (Å²) in [6, 6.07) is 0. The molecule has 0 radical (unpaired) electrons. The predicted octanol–water partition coefficient (Wildman–Crippen LogP) is 8.51. The number of nitrogens with zero attached hydrogens (tertiary/aromatic N) is 1. The van der Waals surface area contributed by atoms with E-state index < -0.39 is 26.5 Å². The Labute approximate surface area is 264 Å². The third kappa shape index (κ3) is 32.2. The van der Waals surface area contributed by atoms with Crippen molar-refractivity contribution in [2.24, 2.45) is 0 Å². The van der Waals surface area contributed by atoms with Gasteiger partial charge in [0.1, 0.15) is 19.8 Å². The minimum absolute atomic E-state index is 0.0317. The van der Waals surface area contributed by atoms with Crippen molar-refractivity contribution < 1.29 is 42.1 Å². The number of carbonyl (C=O) groups is 2. The molecule has 0 saturated heterocycles. The molecular formula is C33H67NO8P+. The Hall–Kier alpha value is -0.990. The molecule has 10 heteroatoms. The number of hydrogen-bond donors (Lipinski definition) is 1. The normalized spacial score (nSPS) is 13.9. The van der Waals surface area contributed by atoms with Gasteiger partial charge in [-0.1, -0.05) is 129 Å². The first-order valence-corrected chi connectivity index (χ1v) is 18.7. The number of hydrogen-bond acceptors (Lipinski definition) is 7. The second kappa shape index (κ2) is 27.3. The fourth-order valence-corrected chi connectivity index (χ4v) is 5.52. The second-order valence-corrected chi connectivity index (χ2v) is 14.4. The third-order valence-electron chi connectivity index (χ3n) is 7.44.